The van der Waals surface area contributed by atoms with E-state index in [0.717, 1.165) is 49.9 Å². The number of carbonyl (C=O) groups is 2. The molecule has 8 nitrogen and oxygen atoms in total. The molecule has 2 amide bonds. The summed E-state index contributed by atoms with van der Waals surface area (Å²) in [6, 6.07) is 8.97. The van der Waals surface area contributed by atoms with E-state index in [4.69, 9.17) is 4.74 Å². The number of anilines is 1. The third-order valence-corrected chi connectivity index (χ3v) is 5.96. The summed E-state index contributed by atoms with van der Waals surface area (Å²) < 4.78 is 5.40. The number of hydrogen-bond acceptors (Lipinski definition) is 6. The number of rotatable bonds is 7. The van der Waals surface area contributed by atoms with Gasteiger partial charge in [-0.3, -0.25) is 14.6 Å². The van der Waals surface area contributed by atoms with Crippen molar-refractivity contribution in [1.82, 2.24) is 15.6 Å². The first-order valence-electron chi connectivity index (χ1n) is 12.6. The lowest BCUT2D eigenvalue weighted by Gasteiger charge is -2.26. The van der Waals surface area contributed by atoms with E-state index in [1.165, 1.54) is 0 Å². The second-order valence-electron chi connectivity index (χ2n) is 9.23. The number of aromatic nitrogens is 1. The molecule has 0 aliphatic carbocycles. The van der Waals surface area contributed by atoms with Gasteiger partial charge in [0.25, 0.3) is 11.8 Å². The zero-order valence-electron chi connectivity index (χ0n) is 20.8. The smallest absolute Gasteiger partial charge is 0.259 e. The first-order chi connectivity index (χ1) is 17.0. The highest BCUT2D eigenvalue weighted by molar-refractivity contribution is 6.06. The number of hydrogen-bond donors (Lipinski definition) is 3. The van der Waals surface area contributed by atoms with Crippen LogP contribution in [0.5, 0.6) is 0 Å². The predicted molar refractivity (Wildman–Crippen MR) is 137 cm³/mol. The van der Waals surface area contributed by atoms with E-state index >= 15 is 0 Å². The first kappa shape index (κ1) is 26.8. The summed E-state index contributed by atoms with van der Waals surface area (Å²) in [7, 11) is 0. The Morgan fingerprint density at radius 1 is 1.14 bits per heavy atom. The molecule has 3 N–H and O–H groups in total. The fraction of sp³-hybridized carbons (Fsp3) is 0.519. The summed E-state index contributed by atoms with van der Waals surface area (Å²) in [5.41, 5.74) is 2.72. The second kappa shape index (κ2) is 13.9. The normalized spacial score (nSPS) is 16.1. The van der Waals surface area contributed by atoms with Crippen molar-refractivity contribution in [2.75, 3.05) is 31.1 Å². The molecule has 3 rings (SSSR count). The van der Waals surface area contributed by atoms with Crippen LogP contribution >= 0.6 is 0 Å². The maximum atomic E-state index is 13.4. The lowest BCUT2D eigenvalue weighted by molar-refractivity contribution is 0.00664. The molecule has 190 valence electrons. The molecule has 1 atom stereocenters. The molecule has 1 aromatic heterocycles. The standard InChI is InChI=1S/C27H38N4O4/c1-20(2)35-19-24(32)18-30-26(33)21-10-11-25-23(15-21)17-28-12-6-4-3-5-7-14-31(25)27(34)22-9-8-13-29-16-22/h8-11,13,15-16,20,24,28,32H,3-7,12,14,17-19H2,1-2H3,(H,30,33). The van der Waals surface area contributed by atoms with Gasteiger partial charge in [-0.25, -0.2) is 0 Å². The highest BCUT2D eigenvalue weighted by Crippen LogP contribution is 2.25. The van der Waals surface area contributed by atoms with Gasteiger partial charge in [-0.15, -0.1) is 0 Å². The maximum absolute atomic E-state index is 13.4. The minimum atomic E-state index is -0.778. The van der Waals surface area contributed by atoms with Crippen molar-refractivity contribution < 1.29 is 19.4 Å². The Morgan fingerprint density at radius 2 is 1.94 bits per heavy atom. The molecule has 1 aromatic carbocycles. The summed E-state index contributed by atoms with van der Waals surface area (Å²) in [6.07, 6.45) is 7.87. The second-order valence-corrected chi connectivity index (χ2v) is 9.23. The Morgan fingerprint density at radius 3 is 2.71 bits per heavy atom. The van der Waals surface area contributed by atoms with Gasteiger partial charge in [-0.1, -0.05) is 19.3 Å². The molecule has 1 unspecified atom stereocenters. The molecule has 2 heterocycles. The van der Waals surface area contributed by atoms with E-state index in [9.17, 15) is 14.7 Å². The van der Waals surface area contributed by atoms with Gasteiger partial charge in [0.2, 0.25) is 0 Å². The molecule has 35 heavy (non-hydrogen) atoms. The Kier molecular flexibility index (Phi) is 10.7. The minimum Gasteiger partial charge on any atom is -0.389 e. The van der Waals surface area contributed by atoms with Crippen LogP contribution in [0, 0.1) is 0 Å². The number of ether oxygens (including phenoxy) is 1. The molecule has 2 aromatic rings. The van der Waals surface area contributed by atoms with Crippen LogP contribution in [-0.2, 0) is 11.3 Å². The summed E-state index contributed by atoms with van der Waals surface area (Å²) >= 11 is 0. The van der Waals surface area contributed by atoms with Crippen molar-refractivity contribution in [3.8, 4) is 0 Å². The SMILES string of the molecule is CC(C)OCC(O)CNC(=O)c1ccc2c(c1)CNCCCCCCCN2C(=O)c1cccnc1. The fourth-order valence-corrected chi connectivity index (χ4v) is 4.06. The summed E-state index contributed by atoms with van der Waals surface area (Å²) in [4.78, 5) is 32.2. The zero-order chi connectivity index (χ0) is 25.0. The van der Waals surface area contributed by atoms with Gasteiger partial charge in [0.15, 0.2) is 0 Å². The van der Waals surface area contributed by atoms with Crippen molar-refractivity contribution >= 4 is 17.5 Å². The third kappa shape index (κ3) is 8.42. The Hall–Kier alpha value is -2.81. The molecule has 0 bridgehead atoms. The van der Waals surface area contributed by atoms with Gasteiger partial charge in [0.05, 0.1) is 24.4 Å². The van der Waals surface area contributed by atoms with Crippen molar-refractivity contribution in [3.05, 3.63) is 59.4 Å². The molecule has 0 saturated heterocycles. The van der Waals surface area contributed by atoms with Crippen LogP contribution in [0.3, 0.4) is 0 Å². The van der Waals surface area contributed by atoms with Crippen LogP contribution < -0.4 is 15.5 Å². The lowest BCUT2D eigenvalue weighted by atomic mass is 10.0. The molecule has 0 fully saturated rings. The monoisotopic (exact) mass is 482 g/mol. The number of aliphatic hydroxyl groups excluding tert-OH is 1. The van der Waals surface area contributed by atoms with Gasteiger partial charge in [-0.05, 0) is 69.1 Å². The molecule has 0 spiro atoms. The number of aliphatic hydroxyl groups is 1. The average molecular weight is 483 g/mol. The van der Waals surface area contributed by atoms with Crippen molar-refractivity contribution in [1.29, 1.82) is 0 Å². The van der Waals surface area contributed by atoms with Crippen LogP contribution in [0.2, 0.25) is 0 Å². The van der Waals surface area contributed by atoms with Crippen LogP contribution in [0.4, 0.5) is 5.69 Å². The zero-order valence-corrected chi connectivity index (χ0v) is 20.8. The predicted octanol–water partition coefficient (Wildman–Crippen LogP) is 3.30. The third-order valence-electron chi connectivity index (χ3n) is 5.96. The molecule has 0 saturated carbocycles. The average Bonchev–Trinajstić information content (AvgIpc) is 2.86. The minimum absolute atomic E-state index is 0.0145. The Balaban J connectivity index is 1.82. The van der Waals surface area contributed by atoms with Gasteiger partial charge in [0, 0.05) is 43.3 Å². The number of amides is 2. The van der Waals surface area contributed by atoms with Crippen LogP contribution in [-0.4, -0.2) is 60.4 Å². The van der Waals surface area contributed by atoms with E-state index in [1.807, 2.05) is 30.9 Å². The van der Waals surface area contributed by atoms with E-state index in [1.54, 1.807) is 30.6 Å². The largest absolute Gasteiger partial charge is 0.389 e. The first-order valence-corrected chi connectivity index (χ1v) is 12.6. The van der Waals surface area contributed by atoms with E-state index in [2.05, 4.69) is 15.6 Å². The van der Waals surface area contributed by atoms with Crippen molar-refractivity contribution in [2.45, 2.75) is 64.7 Å². The van der Waals surface area contributed by atoms with Crippen LogP contribution in [0.15, 0.2) is 42.7 Å². The van der Waals surface area contributed by atoms with Gasteiger partial charge < -0.3 is 25.4 Å². The lowest BCUT2D eigenvalue weighted by Crippen LogP contribution is -2.36. The number of nitrogens with zero attached hydrogens (tertiary/aromatic N) is 2. The maximum Gasteiger partial charge on any atom is 0.259 e. The van der Waals surface area contributed by atoms with Crippen LogP contribution in [0.1, 0.15) is 72.2 Å². The number of benzene rings is 1. The molecule has 1 aliphatic heterocycles. The topological polar surface area (TPSA) is 104 Å². The van der Waals surface area contributed by atoms with E-state index < -0.39 is 6.10 Å². The van der Waals surface area contributed by atoms with E-state index in [-0.39, 0.29) is 31.1 Å². The molecule has 1 aliphatic rings. The number of carbonyl (C=O) groups excluding carboxylic acids is 2. The van der Waals surface area contributed by atoms with E-state index in [0.29, 0.717) is 24.2 Å². The van der Waals surface area contributed by atoms with Gasteiger partial charge in [-0.2, -0.15) is 0 Å². The van der Waals surface area contributed by atoms with Crippen molar-refractivity contribution in [2.24, 2.45) is 0 Å². The Labute approximate surface area is 208 Å². The quantitative estimate of drug-likeness (QED) is 0.560. The Bertz CT molecular complexity index is 951. The molecule has 0 radical (unpaired) electrons. The van der Waals surface area contributed by atoms with Gasteiger partial charge in [0.1, 0.15) is 0 Å². The number of pyridine rings is 1. The van der Waals surface area contributed by atoms with Crippen molar-refractivity contribution in [3.63, 3.8) is 0 Å². The summed E-state index contributed by atoms with van der Waals surface area (Å²) in [5, 5.41) is 16.3. The summed E-state index contributed by atoms with van der Waals surface area (Å²) in [5.74, 6) is -0.366. The molecule has 8 heteroatoms. The molecular weight excluding hydrogens is 444 g/mol. The number of nitrogens with one attached hydrogen (secondary N) is 2. The highest BCUT2D eigenvalue weighted by atomic mass is 16.5. The van der Waals surface area contributed by atoms with Crippen LogP contribution in [0.25, 0.3) is 0 Å². The summed E-state index contributed by atoms with van der Waals surface area (Å²) in [6.45, 7) is 6.10. The fourth-order valence-electron chi connectivity index (χ4n) is 4.06. The van der Waals surface area contributed by atoms with Gasteiger partial charge >= 0.3 is 0 Å². The molecular formula is C27H38N4O4. The number of fused-ring (bicyclic) bond motifs is 1. The highest BCUT2D eigenvalue weighted by Gasteiger charge is 2.22.